The Morgan fingerprint density at radius 2 is 1.00 bits per heavy atom. The lowest BCUT2D eigenvalue weighted by Gasteiger charge is -2.28. The second-order valence-electron chi connectivity index (χ2n) is 6.69. The van der Waals surface area contributed by atoms with Gasteiger partial charge in [0.1, 0.15) is 34.5 Å². The molecule has 0 fully saturated rings. The average Bonchev–Trinajstić information content (AvgIpc) is 2.34. The zero-order valence-electron chi connectivity index (χ0n) is 13.5. The lowest BCUT2D eigenvalue weighted by molar-refractivity contribution is 0.0865. The maximum atomic E-state index is 14.5. The van der Waals surface area contributed by atoms with E-state index in [2.05, 4.69) is 0 Å². The van der Waals surface area contributed by atoms with Crippen LogP contribution in [0.15, 0.2) is 0 Å². The van der Waals surface area contributed by atoms with E-state index in [9.17, 15) is 8.78 Å². The van der Waals surface area contributed by atoms with Gasteiger partial charge in [-0.1, -0.05) is 0 Å². The topological polar surface area (TPSA) is 66.0 Å². The third kappa shape index (κ3) is 3.85. The molecule has 1 aromatic rings. The number of nitrogens with zero attached hydrogens (tertiary/aromatic N) is 2. The number of hydrogen-bond donors (Lipinski definition) is 0. The molecular weight excluding hydrogens is 290 g/mol. The summed E-state index contributed by atoms with van der Waals surface area (Å²) in [5.41, 5.74) is -3.07. The molecule has 22 heavy (non-hydrogen) atoms. The first kappa shape index (κ1) is 17.7. The Morgan fingerprint density at radius 1 is 0.727 bits per heavy atom. The van der Waals surface area contributed by atoms with Crippen molar-refractivity contribution >= 4 is 0 Å². The van der Waals surface area contributed by atoms with Gasteiger partial charge in [0.25, 0.3) is 0 Å². The number of rotatable bonds is 2. The van der Waals surface area contributed by atoms with Gasteiger partial charge in [0.2, 0.25) is 11.5 Å². The highest BCUT2D eigenvalue weighted by Gasteiger charge is 2.32. The normalized spacial score (nSPS) is 11.5. The van der Waals surface area contributed by atoms with Crippen molar-refractivity contribution in [2.45, 2.75) is 52.7 Å². The third-order valence-corrected chi connectivity index (χ3v) is 2.33. The SMILES string of the molecule is CC(C)(C)Oc1c(F)c(C#N)c(C#N)c(F)c1OC(C)(C)C. The quantitative estimate of drug-likeness (QED) is 0.826. The summed E-state index contributed by atoms with van der Waals surface area (Å²) >= 11 is 0. The van der Waals surface area contributed by atoms with Crippen LogP contribution in [0.4, 0.5) is 8.78 Å². The maximum absolute atomic E-state index is 14.5. The van der Waals surface area contributed by atoms with Crippen LogP contribution in [-0.4, -0.2) is 11.2 Å². The van der Waals surface area contributed by atoms with Crippen molar-refractivity contribution in [1.29, 1.82) is 10.5 Å². The van der Waals surface area contributed by atoms with Crippen molar-refractivity contribution in [3.63, 3.8) is 0 Å². The van der Waals surface area contributed by atoms with E-state index in [0.29, 0.717) is 0 Å². The minimum Gasteiger partial charge on any atom is -0.481 e. The average molecular weight is 308 g/mol. The van der Waals surface area contributed by atoms with Gasteiger partial charge in [-0.25, -0.2) is 8.78 Å². The van der Waals surface area contributed by atoms with E-state index in [-0.39, 0.29) is 0 Å². The standard InChI is InChI=1S/C16H18F2N2O2/c1-15(2,3)21-13-11(17)9(7-19)10(8-20)12(18)14(13)22-16(4,5)6/h1-6H3. The summed E-state index contributed by atoms with van der Waals surface area (Å²) in [7, 11) is 0. The molecule has 4 nitrogen and oxygen atoms in total. The lowest BCUT2D eigenvalue weighted by atomic mass is 10.0. The fourth-order valence-corrected chi connectivity index (χ4v) is 1.65. The zero-order valence-corrected chi connectivity index (χ0v) is 13.5. The number of ether oxygens (including phenoxy) is 2. The van der Waals surface area contributed by atoms with Gasteiger partial charge in [0.05, 0.1) is 0 Å². The van der Waals surface area contributed by atoms with Gasteiger partial charge in [-0.2, -0.15) is 10.5 Å². The van der Waals surface area contributed by atoms with Crippen LogP contribution in [0.2, 0.25) is 0 Å². The fraction of sp³-hybridized carbons (Fsp3) is 0.500. The first-order valence-electron chi connectivity index (χ1n) is 6.64. The molecule has 1 rings (SSSR count). The van der Waals surface area contributed by atoms with Gasteiger partial charge in [-0.05, 0) is 41.5 Å². The van der Waals surface area contributed by atoms with Crippen molar-refractivity contribution in [3.05, 3.63) is 22.8 Å². The fourth-order valence-electron chi connectivity index (χ4n) is 1.65. The van der Waals surface area contributed by atoms with Crippen molar-refractivity contribution in [3.8, 4) is 23.6 Å². The van der Waals surface area contributed by atoms with E-state index in [0.717, 1.165) is 0 Å². The first-order valence-corrected chi connectivity index (χ1v) is 6.64. The summed E-state index contributed by atoms with van der Waals surface area (Å²) in [6.07, 6.45) is 0. The van der Waals surface area contributed by atoms with Gasteiger partial charge < -0.3 is 9.47 Å². The highest BCUT2D eigenvalue weighted by Crippen LogP contribution is 2.41. The summed E-state index contributed by atoms with van der Waals surface area (Å²) in [6.45, 7) is 9.89. The van der Waals surface area contributed by atoms with Gasteiger partial charge in [-0.3, -0.25) is 0 Å². The molecule has 0 aliphatic heterocycles. The molecule has 0 radical (unpaired) electrons. The molecule has 1 aromatic carbocycles. The number of benzene rings is 1. The smallest absolute Gasteiger partial charge is 0.202 e. The number of hydrogen-bond acceptors (Lipinski definition) is 4. The molecular formula is C16H18F2N2O2. The second-order valence-corrected chi connectivity index (χ2v) is 6.69. The maximum Gasteiger partial charge on any atom is 0.202 e. The van der Waals surface area contributed by atoms with Crippen LogP contribution >= 0.6 is 0 Å². The largest absolute Gasteiger partial charge is 0.481 e. The van der Waals surface area contributed by atoms with E-state index in [1.54, 1.807) is 41.5 Å². The molecule has 0 amide bonds. The predicted octanol–water partition coefficient (Wildman–Crippen LogP) is 4.06. The molecule has 0 spiro atoms. The monoisotopic (exact) mass is 308 g/mol. The molecule has 0 unspecified atom stereocenters. The molecule has 0 aliphatic carbocycles. The van der Waals surface area contributed by atoms with Crippen LogP contribution in [-0.2, 0) is 0 Å². The summed E-state index contributed by atoms with van der Waals surface area (Å²) in [6, 6.07) is 3.00. The third-order valence-electron chi connectivity index (χ3n) is 2.33. The van der Waals surface area contributed by atoms with E-state index in [1.165, 1.54) is 12.1 Å². The van der Waals surface area contributed by atoms with Crippen LogP contribution < -0.4 is 9.47 Å². The molecule has 0 saturated heterocycles. The molecule has 118 valence electrons. The Labute approximate surface area is 128 Å². The van der Waals surface area contributed by atoms with E-state index < -0.39 is 45.5 Å². The molecule has 0 saturated carbocycles. The lowest BCUT2D eigenvalue weighted by Crippen LogP contribution is -2.28. The van der Waals surface area contributed by atoms with Crippen molar-refractivity contribution in [2.75, 3.05) is 0 Å². The number of nitriles is 2. The highest BCUT2D eigenvalue weighted by molar-refractivity contribution is 5.58. The Hall–Kier alpha value is -2.34. The van der Waals surface area contributed by atoms with Gasteiger partial charge in [0.15, 0.2) is 11.6 Å². The van der Waals surface area contributed by atoms with Crippen LogP contribution in [0.25, 0.3) is 0 Å². The minimum absolute atomic E-state index is 0.504. The van der Waals surface area contributed by atoms with Gasteiger partial charge >= 0.3 is 0 Å². The Bertz CT molecular complexity index is 613. The van der Waals surface area contributed by atoms with Crippen LogP contribution in [0.5, 0.6) is 11.5 Å². The predicted molar refractivity (Wildman–Crippen MR) is 76.6 cm³/mol. The summed E-state index contributed by atoms with van der Waals surface area (Å²) in [5, 5.41) is 18.0. The molecule has 6 heteroatoms. The zero-order chi connectivity index (χ0) is 17.3. The highest BCUT2D eigenvalue weighted by atomic mass is 19.1. The number of halogens is 2. The Balaban J connectivity index is 3.75. The first-order chi connectivity index (χ1) is 9.91. The van der Waals surface area contributed by atoms with Crippen LogP contribution in [0, 0.1) is 34.3 Å². The van der Waals surface area contributed by atoms with Crippen LogP contribution in [0.1, 0.15) is 52.7 Å². The minimum atomic E-state index is -1.10. The van der Waals surface area contributed by atoms with E-state index in [4.69, 9.17) is 20.0 Å². The van der Waals surface area contributed by atoms with Gasteiger partial charge in [0, 0.05) is 0 Å². The van der Waals surface area contributed by atoms with Gasteiger partial charge in [-0.15, -0.1) is 0 Å². The second kappa shape index (κ2) is 5.81. The Morgan fingerprint density at radius 3 is 1.18 bits per heavy atom. The van der Waals surface area contributed by atoms with Crippen LogP contribution in [0.3, 0.4) is 0 Å². The molecule has 0 heterocycles. The summed E-state index contributed by atoms with van der Waals surface area (Å²) in [4.78, 5) is 0. The van der Waals surface area contributed by atoms with E-state index >= 15 is 0 Å². The van der Waals surface area contributed by atoms with Crippen molar-refractivity contribution in [2.24, 2.45) is 0 Å². The molecule has 0 N–H and O–H groups in total. The van der Waals surface area contributed by atoms with E-state index in [1.807, 2.05) is 0 Å². The summed E-state index contributed by atoms with van der Waals surface area (Å²) in [5.74, 6) is -3.21. The molecule has 0 bridgehead atoms. The molecule has 0 atom stereocenters. The van der Waals surface area contributed by atoms with Crippen molar-refractivity contribution in [1.82, 2.24) is 0 Å². The van der Waals surface area contributed by atoms with Crippen molar-refractivity contribution < 1.29 is 18.3 Å². The summed E-state index contributed by atoms with van der Waals surface area (Å²) < 4.78 is 39.9. The molecule has 0 aliphatic rings. The molecule has 0 aromatic heterocycles. The Kier molecular flexibility index (Phi) is 4.67.